The third-order valence-electron chi connectivity index (χ3n) is 5.77. The second-order valence-electron chi connectivity index (χ2n) is 8.34. The number of aromatic nitrogens is 4. The summed E-state index contributed by atoms with van der Waals surface area (Å²) in [4.78, 5) is 22.9. The zero-order chi connectivity index (χ0) is 22.5. The van der Waals surface area contributed by atoms with Gasteiger partial charge in [0, 0.05) is 25.0 Å². The van der Waals surface area contributed by atoms with Crippen molar-refractivity contribution >= 4 is 44.7 Å². The second-order valence-corrected chi connectivity index (χ2v) is 11.5. The molecule has 1 saturated heterocycles. The number of hydrogen-bond acceptors (Lipinski definition) is 8. The summed E-state index contributed by atoms with van der Waals surface area (Å²) in [5, 5.41) is 8.02. The van der Waals surface area contributed by atoms with Crippen molar-refractivity contribution in [3.63, 3.8) is 0 Å². The summed E-state index contributed by atoms with van der Waals surface area (Å²) in [5.41, 5.74) is 1.20. The number of fused-ring (bicyclic) bond motifs is 1. The van der Waals surface area contributed by atoms with Crippen LogP contribution in [-0.2, 0) is 14.8 Å². The van der Waals surface area contributed by atoms with Crippen LogP contribution in [0.1, 0.15) is 36.4 Å². The standard InChI is InChI=1S/C20H25N7O3S2/c1-12-19(31-13(2)21-12)32(29,30)25-15-8-10-26(11-9-15)17-5-3-4-16-22-20(24-27(16)17)23-18(28)14-6-7-14/h3-5,14-15,25H,6-11H2,1-2H3,(H,23,24,28). The number of anilines is 2. The molecule has 1 aliphatic carbocycles. The first kappa shape index (κ1) is 21.3. The van der Waals surface area contributed by atoms with Crippen LogP contribution in [0.2, 0.25) is 0 Å². The Hall–Kier alpha value is -2.57. The lowest BCUT2D eigenvalue weighted by atomic mass is 10.1. The van der Waals surface area contributed by atoms with Gasteiger partial charge in [0.2, 0.25) is 11.9 Å². The molecule has 3 aromatic rings. The second kappa shape index (κ2) is 8.09. The molecular formula is C20H25N7O3S2. The van der Waals surface area contributed by atoms with E-state index in [1.54, 1.807) is 11.4 Å². The Bertz CT molecular complexity index is 1270. The van der Waals surface area contributed by atoms with E-state index in [-0.39, 0.29) is 17.9 Å². The van der Waals surface area contributed by atoms with Gasteiger partial charge in [-0.25, -0.2) is 18.1 Å². The molecule has 2 fully saturated rings. The van der Waals surface area contributed by atoms with Crippen molar-refractivity contribution in [3.8, 4) is 0 Å². The van der Waals surface area contributed by atoms with E-state index < -0.39 is 10.0 Å². The highest BCUT2D eigenvalue weighted by molar-refractivity contribution is 7.91. The van der Waals surface area contributed by atoms with Crippen molar-refractivity contribution < 1.29 is 13.2 Å². The van der Waals surface area contributed by atoms with Crippen molar-refractivity contribution in [2.75, 3.05) is 23.3 Å². The van der Waals surface area contributed by atoms with Gasteiger partial charge in [0.15, 0.2) is 9.86 Å². The van der Waals surface area contributed by atoms with Crippen LogP contribution < -0.4 is 14.9 Å². The highest BCUT2D eigenvalue weighted by Gasteiger charge is 2.31. The van der Waals surface area contributed by atoms with E-state index in [0.29, 0.717) is 47.4 Å². The third kappa shape index (κ3) is 4.21. The maximum Gasteiger partial charge on any atom is 0.252 e. The number of pyridine rings is 1. The summed E-state index contributed by atoms with van der Waals surface area (Å²) in [7, 11) is -3.58. The number of nitrogens with one attached hydrogen (secondary N) is 2. The molecule has 2 N–H and O–H groups in total. The van der Waals surface area contributed by atoms with Gasteiger partial charge in [-0.15, -0.1) is 16.4 Å². The number of aryl methyl sites for hydroxylation is 2. The van der Waals surface area contributed by atoms with Crippen molar-refractivity contribution in [3.05, 3.63) is 28.9 Å². The summed E-state index contributed by atoms with van der Waals surface area (Å²) in [5.74, 6) is 1.24. The lowest BCUT2D eigenvalue weighted by molar-refractivity contribution is -0.117. The number of piperidine rings is 1. The van der Waals surface area contributed by atoms with E-state index in [0.717, 1.165) is 23.7 Å². The van der Waals surface area contributed by atoms with Crippen molar-refractivity contribution in [2.24, 2.45) is 5.92 Å². The summed E-state index contributed by atoms with van der Waals surface area (Å²) < 4.78 is 30.5. The van der Waals surface area contributed by atoms with Crippen molar-refractivity contribution in [1.29, 1.82) is 0 Å². The number of nitrogens with zero attached hydrogens (tertiary/aromatic N) is 5. The van der Waals surface area contributed by atoms with Gasteiger partial charge < -0.3 is 4.90 Å². The number of sulfonamides is 1. The summed E-state index contributed by atoms with van der Waals surface area (Å²) in [6.45, 7) is 4.89. The fraction of sp³-hybridized carbons (Fsp3) is 0.500. The minimum atomic E-state index is -3.58. The third-order valence-corrected chi connectivity index (χ3v) is 8.97. The zero-order valence-corrected chi connectivity index (χ0v) is 19.5. The topological polar surface area (TPSA) is 122 Å². The fourth-order valence-electron chi connectivity index (χ4n) is 4.00. The van der Waals surface area contributed by atoms with E-state index in [4.69, 9.17) is 0 Å². The molecule has 0 bridgehead atoms. The number of rotatable bonds is 6. The highest BCUT2D eigenvalue weighted by atomic mass is 32.2. The Morgan fingerprint density at radius 3 is 2.53 bits per heavy atom. The number of amides is 1. The molecule has 2 aliphatic rings. The largest absolute Gasteiger partial charge is 0.356 e. The lowest BCUT2D eigenvalue weighted by Crippen LogP contribution is -2.45. The Labute approximate surface area is 190 Å². The number of thiazole rings is 1. The van der Waals surface area contributed by atoms with Crippen LogP contribution in [0.4, 0.5) is 11.8 Å². The molecule has 1 aliphatic heterocycles. The fourth-order valence-corrected chi connectivity index (χ4v) is 6.81. The molecule has 1 amide bonds. The van der Waals surface area contributed by atoms with E-state index in [1.165, 1.54) is 11.3 Å². The van der Waals surface area contributed by atoms with E-state index in [9.17, 15) is 13.2 Å². The smallest absolute Gasteiger partial charge is 0.252 e. The minimum Gasteiger partial charge on any atom is -0.356 e. The Balaban J connectivity index is 1.27. The normalized spacial score (nSPS) is 17.8. The van der Waals surface area contributed by atoms with E-state index >= 15 is 0 Å². The number of carbonyl (C=O) groups is 1. The van der Waals surface area contributed by atoms with Gasteiger partial charge >= 0.3 is 0 Å². The zero-order valence-electron chi connectivity index (χ0n) is 17.9. The van der Waals surface area contributed by atoms with Gasteiger partial charge in [-0.3, -0.25) is 10.1 Å². The van der Waals surface area contributed by atoms with Gasteiger partial charge in [-0.05, 0) is 51.7 Å². The average Bonchev–Trinajstić information content (AvgIpc) is 3.43. The van der Waals surface area contributed by atoms with Crippen LogP contribution >= 0.6 is 11.3 Å². The van der Waals surface area contributed by atoms with Gasteiger partial charge in [0.25, 0.3) is 10.0 Å². The van der Waals surface area contributed by atoms with E-state index in [1.807, 2.05) is 25.1 Å². The molecule has 0 atom stereocenters. The summed E-state index contributed by atoms with van der Waals surface area (Å²) in [6.07, 6.45) is 3.19. The Morgan fingerprint density at radius 2 is 1.88 bits per heavy atom. The predicted octanol–water partition coefficient (Wildman–Crippen LogP) is 2.10. The molecule has 0 radical (unpaired) electrons. The monoisotopic (exact) mass is 475 g/mol. The van der Waals surface area contributed by atoms with Crippen LogP contribution in [0.25, 0.3) is 5.65 Å². The lowest BCUT2D eigenvalue weighted by Gasteiger charge is -2.33. The molecule has 0 aromatic carbocycles. The van der Waals surface area contributed by atoms with Gasteiger partial charge in [0.1, 0.15) is 5.82 Å². The van der Waals surface area contributed by atoms with Gasteiger partial charge in [-0.2, -0.15) is 9.50 Å². The van der Waals surface area contributed by atoms with Crippen LogP contribution in [0.15, 0.2) is 22.4 Å². The SMILES string of the molecule is Cc1nc(C)c(S(=O)(=O)NC2CCN(c3cccc4nc(NC(=O)C5CC5)nn34)CC2)s1. The molecule has 12 heteroatoms. The van der Waals surface area contributed by atoms with Gasteiger partial charge in [-0.1, -0.05) is 6.07 Å². The van der Waals surface area contributed by atoms with Crippen LogP contribution in [0.3, 0.4) is 0 Å². The van der Waals surface area contributed by atoms with Crippen molar-refractivity contribution in [2.45, 2.75) is 49.8 Å². The van der Waals surface area contributed by atoms with Crippen molar-refractivity contribution in [1.82, 2.24) is 24.3 Å². The van der Waals surface area contributed by atoms with Crippen LogP contribution in [-0.4, -0.2) is 53.0 Å². The Kier molecular flexibility index (Phi) is 5.38. The molecule has 1 saturated carbocycles. The summed E-state index contributed by atoms with van der Waals surface area (Å²) in [6, 6.07) is 5.59. The molecule has 170 valence electrons. The maximum absolute atomic E-state index is 12.8. The Morgan fingerprint density at radius 1 is 1.12 bits per heavy atom. The predicted molar refractivity (Wildman–Crippen MR) is 121 cm³/mol. The highest BCUT2D eigenvalue weighted by Crippen LogP contribution is 2.30. The quantitative estimate of drug-likeness (QED) is 0.560. The summed E-state index contributed by atoms with van der Waals surface area (Å²) >= 11 is 1.20. The molecule has 0 spiro atoms. The molecule has 32 heavy (non-hydrogen) atoms. The van der Waals surface area contributed by atoms with Crippen LogP contribution in [0.5, 0.6) is 0 Å². The molecule has 0 unspecified atom stereocenters. The first-order valence-electron chi connectivity index (χ1n) is 10.7. The molecule has 10 nitrogen and oxygen atoms in total. The molecule has 3 aromatic heterocycles. The molecule has 4 heterocycles. The maximum atomic E-state index is 12.8. The van der Waals surface area contributed by atoms with Gasteiger partial charge in [0.05, 0.1) is 10.7 Å². The van der Waals surface area contributed by atoms with E-state index in [2.05, 4.69) is 30.0 Å². The molecular weight excluding hydrogens is 450 g/mol. The first-order valence-corrected chi connectivity index (χ1v) is 13.0. The minimum absolute atomic E-state index is 0.0260. The van der Waals surface area contributed by atoms with Crippen LogP contribution in [0, 0.1) is 19.8 Å². The average molecular weight is 476 g/mol. The first-order chi connectivity index (χ1) is 15.3. The number of hydrogen-bond donors (Lipinski definition) is 2. The molecule has 5 rings (SSSR count). The number of carbonyl (C=O) groups excluding carboxylic acids is 1.